The van der Waals surface area contributed by atoms with Gasteiger partial charge in [-0.2, -0.15) is 0 Å². The van der Waals surface area contributed by atoms with Crippen LogP contribution in [0.1, 0.15) is 13.8 Å². The van der Waals surface area contributed by atoms with Gasteiger partial charge in [-0.1, -0.05) is 0 Å². The highest BCUT2D eigenvalue weighted by molar-refractivity contribution is 5.73. The summed E-state index contributed by atoms with van der Waals surface area (Å²) in [6, 6.07) is 2.57. The molecule has 0 aliphatic rings. The smallest absolute Gasteiger partial charge is 0.316 e. The Kier molecular flexibility index (Phi) is 6.08. The fourth-order valence-electron chi connectivity index (χ4n) is 1.59. The van der Waals surface area contributed by atoms with Crippen molar-refractivity contribution in [2.45, 2.75) is 20.0 Å². The lowest BCUT2D eigenvalue weighted by atomic mass is 10.2. The first-order valence-corrected chi connectivity index (χ1v) is 6.76. The molecule has 118 valence electrons. The lowest BCUT2D eigenvalue weighted by molar-refractivity contribution is 0.218. The van der Waals surface area contributed by atoms with Gasteiger partial charge >= 0.3 is 6.03 Å². The molecule has 0 aromatic heterocycles. The predicted molar refractivity (Wildman–Crippen MR) is 82.2 cm³/mol. The minimum atomic E-state index is -0.493. The van der Waals surface area contributed by atoms with Crippen molar-refractivity contribution < 1.29 is 13.9 Å². The highest BCUT2D eigenvalue weighted by Crippen LogP contribution is 2.28. The number of halogens is 1. The van der Waals surface area contributed by atoms with E-state index in [4.69, 9.17) is 10.5 Å². The van der Waals surface area contributed by atoms with Crippen LogP contribution >= 0.6 is 0 Å². The number of nitrogens with zero attached hydrogens (tertiary/aromatic N) is 1. The fourth-order valence-corrected chi connectivity index (χ4v) is 1.59. The van der Waals surface area contributed by atoms with Crippen LogP contribution < -0.4 is 21.1 Å². The number of ether oxygens (including phenoxy) is 1. The number of urea groups is 1. The van der Waals surface area contributed by atoms with Gasteiger partial charge in [0.1, 0.15) is 0 Å². The van der Waals surface area contributed by atoms with Crippen molar-refractivity contribution in [1.29, 1.82) is 0 Å². The summed E-state index contributed by atoms with van der Waals surface area (Å²) < 4.78 is 19.0. The maximum atomic E-state index is 13.7. The summed E-state index contributed by atoms with van der Waals surface area (Å²) in [5.74, 6) is -0.341. The van der Waals surface area contributed by atoms with Crippen LogP contribution in [0.3, 0.4) is 0 Å². The molecule has 21 heavy (non-hydrogen) atoms. The van der Waals surface area contributed by atoms with Crippen LogP contribution in [0.2, 0.25) is 0 Å². The highest BCUT2D eigenvalue weighted by Gasteiger charge is 2.10. The topological polar surface area (TPSA) is 79.6 Å². The van der Waals surface area contributed by atoms with Crippen LogP contribution in [0.4, 0.5) is 20.6 Å². The van der Waals surface area contributed by atoms with Crippen LogP contribution in [-0.4, -0.2) is 44.2 Å². The Balaban J connectivity index is 2.60. The van der Waals surface area contributed by atoms with E-state index in [-0.39, 0.29) is 17.9 Å². The number of nitrogens with two attached hydrogens (primary N) is 1. The van der Waals surface area contributed by atoms with Gasteiger partial charge in [0.05, 0.1) is 17.5 Å². The number of nitrogen functional groups attached to an aromatic ring is 1. The summed E-state index contributed by atoms with van der Waals surface area (Å²) in [5, 5.41) is 5.75. The molecule has 1 aromatic carbocycles. The molecule has 4 N–H and O–H groups in total. The zero-order chi connectivity index (χ0) is 16.0. The van der Waals surface area contributed by atoms with Gasteiger partial charge in [0.2, 0.25) is 0 Å². The van der Waals surface area contributed by atoms with Gasteiger partial charge in [-0.05, 0) is 13.8 Å². The van der Waals surface area contributed by atoms with Gasteiger partial charge in [0.25, 0.3) is 0 Å². The van der Waals surface area contributed by atoms with Crippen molar-refractivity contribution in [1.82, 2.24) is 10.2 Å². The second kappa shape index (κ2) is 7.56. The Morgan fingerprint density at radius 1 is 1.38 bits per heavy atom. The summed E-state index contributed by atoms with van der Waals surface area (Å²) in [4.78, 5) is 12.8. The molecule has 0 bridgehead atoms. The first-order chi connectivity index (χ1) is 9.81. The van der Waals surface area contributed by atoms with Crippen molar-refractivity contribution in [2.24, 2.45) is 0 Å². The maximum Gasteiger partial charge on any atom is 0.316 e. The Morgan fingerprint density at radius 3 is 2.62 bits per heavy atom. The van der Waals surface area contributed by atoms with Gasteiger partial charge in [-0.15, -0.1) is 0 Å². The second-order valence-electron chi connectivity index (χ2n) is 5.09. The van der Waals surface area contributed by atoms with Crippen LogP contribution in [0.5, 0.6) is 5.75 Å². The summed E-state index contributed by atoms with van der Waals surface area (Å²) >= 11 is 0. The Morgan fingerprint density at radius 2 is 2.05 bits per heavy atom. The van der Waals surface area contributed by atoms with E-state index < -0.39 is 5.82 Å². The minimum Gasteiger partial charge on any atom is -0.488 e. The lowest BCUT2D eigenvalue weighted by Crippen LogP contribution is -2.37. The molecule has 0 heterocycles. The molecule has 7 heteroatoms. The average Bonchev–Trinajstić information content (AvgIpc) is 2.38. The largest absolute Gasteiger partial charge is 0.488 e. The molecule has 2 amide bonds. The Hall–Kier alpha value is -2.18. The number of carbonyl (C=O) groups excluding carboxylic acids is 1. The van der Waals surface area contributed by atoms with E-state index >= 15 is 0 Å². The third-order valence-corrected chi connectivity index (χ3v) is 2.59. The molecule has 0 fully saturated rings. The van der Waals surface area contributed by atoms with E-state index in [2.05, 4.69) is 10.6 Å². The van der Waals surface area contributed by atoms with Gasteiger partial charge in [0.15, 0.2) is 11.6 Å². The van der Waals surface area contributed by atoms with E-state index in [0.717, 1.165) is 0 Å². The third-order valence-electron chi connectivity index (χ3n) is 2.59. The molecule has 0 atom stereocenters. The Labute approximate surface area is 124 Å². The van der Waals surface area contributed by atoms with Crippen molar-refractivity contribution in [3.63, 3.8) is 0 Å². The zero-order valence-electron chi connectivity index (χ0n) is 12.9. The second-order valence-corrected chi connectivity index (χ2v) is 5.09. The molecular weight excluding hydrogens is 275 g/mol. The number of carbonyl (C=O) groups is 1. The van der Waals surface area contributed by atoms with E-state index in [0.29, 0.717) is 24.5 Å². The van der Waals surface area contributed by atoms with Crippen LogP contribution in [0, 0.1) is 5.82 Å². The van der Waals surface area contributed by atoms with Gasteiger partial charge < -0.3 is 26.0 Å². The van der Waals surface area contributed by atoms with Gasteiger partial charge in [-0.25, -0.2) is 9.18 Å². The van der Waals surface area contributed by atoms with E-state index in [1.807, 2.05) is 13.8 Å². The van der Waals surface area contributed by atoms with E-state index in [9.17, 15) is 9.18 Å². The number of benzene rings is 1. The highest BCUT2D eigenvalue weighted by atomic mass is 19.1. The molecule has 0 radical (unpaired) electrons. The average molecular weight is 298 g/mol. The summed E-state index contributed by atoms with van der Waals surface area (Å²) in [5.41, 5.74) is 6.63. The number of hydrogen-bond acceptors (Lipinski definition) is 4. The monoisotopic (exact) mass is 298 g/mol. The van der Waals surface area contributed by atoms with Crippen LogP contribution in [0.25, 0.3) is 0 Å². The number of rotatable bonds is 6. The zero-order valence-corrected chi connectivity index (χ0v) is 12.9. The van der Waals surface area contributed by atoms with Crippen molar-refractivity contribution >= 4 is 17.4 Å². The van der Waals surface area contributed by atoms with E-state index in [1.54, 1.807) is 14.1 Å². The summed E-state index contributed by atoms with van der Waals surface area (Å²) in [7, 11) is 3.33. The number of nitrogens with one attached hydrogen (secondary N) is 2. The fraction of sp³-hybridized carbons (Fsp3) is 0.500. The summed E-state index contributed by atoms with van der Waals surface area (Å²) in [6.45, 7) is 4.53. The van der Waals surface area contributed by atoms with Crippen molar-refractivity contribution in [3.8, 4) is 5.75 Å². The van der Waals surface area contributed by atoms with Crippen LogP contribution in [-0.2, 0) is 0 Å². The molecular formula is C14H23FN4O2. The molecule has 0 aliphatic carbocycles. The molecule has 6 nitrogen and oxygen atoms in total. The first-order valence-electron chi connectivity index (χ1n) is 6.76. The van der Waals surface area contributed by atoms with Crippen molar-refractivity contribution in [2.75, 3.05) is 38.2 Å². The maximum absolute atomic E-state index is 13.7. The molecule has 1 aromatic rings. The number of anilines is 2. The van der Waals surface area contributed by atoms with Gasteiger partial charge in [0, 0.05) is 39.3 Å². The molecule has 0 aliphatic heterocycles. The number of amides is 2. The standard InChI is InChI=1S/C14H23FN4O2/c1-9(2)21-13-8-12(11(16)7-10(13)15)17-5-6-18-14(20)19(3)4/h7-9,17H,5-6,16H2,1-4H3,(H,18,20). The molecule has 0 saturated heterocycles. The quantitative estimate of drug-likeness (QED) is 0.553. The van der Waals surface area contributed by atoms with E-state index in [1.165, 1.54) is 17.0 Å². The van der Waals surface area contributed by atoms with Gasteiger partial charge in [-0.3, -0.25) is 0 Å². The SMILES string of the molecule is CC(C)Oc1cc(NCCNC(=O)N(C)C)c(N)cc1F. The third kappa shape index (κ3) is 5.37. The molecule has 1 rings (SSSR count). The normalized spacial score (nSPS) is 10.4. The lowest BCUT2D eigenvalue weighted by Gasteiger charge is -2.16. The number of hydrogen-bond donors (Lipinski definition) is 3. The molecule has 0 unspecified atom stereocenters. The molecule has 0 spiro atoms. The van der Waals surface area contributed by atoms with Crippen LogP contribution in [0.15, 0.2) is 12.1 Å². The Bertz CT molecular complexity index is 492. The summed E-state index contributed by atoms with van der Waals surface area (Å²) in [6.07, 6.45) is -0.129. The first kappa shape index (κ1) is 16.9. The van der Waals surface area contributed by atoms with Crippen molar-refractivity contribution in [3.05, 3.63) is 17.9 Å². The minimum absolute atomic E-state index is 0.129. The molecule has 0 saturated carbocycles. The predicted octanol–water partition coefficient (Wildman–Crippen LogP) is 1.88.